The van der Waals surface area contributed by atoms with Crippen LogP contribution < -0.4 is 9.47 Å². The van der Waals surface area contributed by atoms with Crippen LogP contribution in [0.1, 0.15) is 96.5 Å². The molecule has 248 valence electrons. The molecular formula is C45H51NO2. The predicted octanol–water partition coefficient (Wildman–Crippen LogP) is 13.1. The highest BCUT2D eigenvalue weighted by Gasteiger charge is 2.17. The number of hydrogen-bond acceptors (Lipinski definition) is 3. The van der Waals surface area contributed by atoms with Crippen LogP contribution in [-0.2, 0) is 0 Å². The lowest BCUT2D eigenvalue weighted by molar-refractivity contribution is 0.304. The molecule has 3 aromatic carbocycles. The number of fused-ring (bicyclic) bond motifs is 1. The van der Waals surface area contributed by atoms with Gasteiger partial charge in [-0.3, -0.25) is 0 Å². The molecule has 0 radical (unpaired) electrons. The minimum Gasteiger partial charge on any atom is -0.494 e. The first-order valence-electron chi connectivity index (χ1n) is 18.2. The molecule has 0 heterocycles. The van der Waals surface area contributed by atoms with Crippen molar-refractivity contribution in [2.24, 2.45) is 0 Å². The van der Waals surface area contributed by atoms with Gasteiger partial charge in [-0.25, -0.2) is 0 Å². The molecule has 2 aliphatic carbocycles. The first-order chi connectivity index (χ1) is 23.7. The first kappa shape index (κ1) is 34.8. The van der Waals surface area contributed by atoms with E-state index in [9.17, 15) is 5.26 Å². The first-order valence-corrected chi connectivity index (χ1v) is 18.2. The molecule has 3 nitrogen and oxygen atoms in total. The summed E-state index contributed by atoms with van der Waals surface area (Å²) in [4.78, 5) is 0. The number of rotatable bonds is 19. The fourth-order valence-electron chi connectivity index (χ4n) is 6.34. The predicted molar refractivity (Wildman–Crippen MR) is 202 cm³/mol. The van der Waals surface area contributed by atoms with Crippen LogP contribution in [0.2, 0.25) is 0 Å². The van der Waals surface area contributed by atoms with E-state index in [0.717, 1.165) is 82.1 Å². The summed E-state index contributed by atoms with van der Waals surface area (Å²) in [5.41, 5.74) is 9.30. The van der Waals surface area contributed by atoms with E-state index in [2.05, 4.69) is 123 Å². The molecule has 0 amide bonds. The SMILES string of the molecule is CCCCCCCCOc1ccc(-c2ccc(-c3cc4ccc(-c5ccc(OCCCCCCCC)cc5)ccc-4c3C#N)cc2)cc1. The zero-order valence-corrected chi connectivity index (χ0v) is 29.0. The fraction of sp³-hybridized carbons (Fsp3) is 0.356. The number of benzene rings is 3. The van der Waals surface area contributed by atoms with Crippen LogP contribution in [0, 0.1) is 11.3 Å². The Morgan fingerprint density at radius 3 is 1.25 bits per heavy atom. The van der Waals surface area contributed by atoms with Gasteiger partial charge >= 0.3 is 0 Å². The summed E-state index contributed by atoms with van der Waals surface area (Å²) >= 11 is 0. The molecule has 0 aromatic heterocycles. The monoisotopic (exact) mass is 637 g/mol. The minimum absolute atomic E-state index is 0.713. The summed E-state index contributed by atoms with van der Waals surface area (Å²) in [6.45, 7) is 6.04. The van der Waals surface area contributed by atoms with E-state index in [1.807, 2.05) is 0 Å². The Labute approximate surface area is 288 Å². The zero-order valence-electron chi connectivity index (χ0n) is 29.0. The zero-order chi connectivity index (χ0) is 33.4. The van der Waals surface area contributed by atoms with Crippen molar-refractivity contribution in [3.05, 3.63) is 109 Å². The maximum Gasteiger partial charge on any atom is 0.119 e. The van der Waals surface area contributed by atoms with Crippen molar-refractivity contribution in [1.82, 2.24) is 0 Å². The smallest absolute Gasteiger partial charge is 0.119 e. The van der Waals surface area contributed by atoms with E-state index in [1.165, 1.54) is 64.2 Å². The molecule has 5 rings (SSSR count). The number of ether oxygens (including phenoxy) is 2. The van der Waals surface area contributed by atoms with Crippen molar-refractivity contribution in [1.29, 1.82) is 5.26 Å². The van der Waals surface area contributed by atoms with E-state index < -0.39 is 0 Å². The van der Waals surface area contributed by atoms with Crippen molar-refractivity contribution in [2.45, 2.75) is 90.9 Å². The van der Waals surface area contributed by atoms with E-state index in [0.29, 0.717) is 5.56 Å². The molecule has 0 spiro atoms. The molecule has 3 aromatic rings. The second-order valence-electron chi connectivity index (χ2n) is 12.9. The van der Waals surface area contributed by atoms with E-state index >= 15 is 0 Å². The molecule has 3 heteroatoms. The molecule has 0 unspecified atom stereocenters. The summed E-state index contributed by atoms with van der Waals surface area (Å²) < 4.78 is 12.0. The maximum absolute atomic E-state index is 10.2. The highest BCUT2D eigenvalue weighted by atomic mass is 16.5. The van der Waals surface area contributed by atoms with Crippen LogP contribution >= 0.6 is 0 Å². The number of hydrogen-bond donors (Lipinski definition) is 0. The highest BCUT2D eigenvalue weighted by molar-refractivity contribution is 5.89. The van der Waals surface area contributed by atoms with Gasteiger partial charge in [-0.2, -0.15) is 5.26 Å². The number of nitriles is 1. The van der Waals surface area contributed by atoms with Gasteiger partial charge in [0.25, 0.3) is 0 Å². The van der Waals surface area contributed by atoms with Crippen LogP contribution in [-0.4, -0.2) is 13.2 Å². The molecule has 0 saturated carbocycles. The van der Waals surface area contributed by atoms with Crippen LogP contribution in [0.3, 0.4) is 0 Å². The summed E-state index contributed by atoms with van der Waals surface area (Å²) in [5, 5.41) is 10.2. The van der Waals surface area contributed by atoms with Gasteiger partial charge < -0.3 is 9.47 Å². The summed E-state index contributed by atoms with van der Waals surface area (Å²) in [5.74, 6) is 1.84. The molecule has 0 fully saturated rings. The van der Waals surface area contributed by atoms with Crippen LogP contribution in [0.15, 0.2) is 103 Å². The number of unbranched alkanes of at least 4 members (excludes halogenated alkanes) is 10. The standard InChI is InChI=1S/C45H51NO2/c1-3-5-7-9-11-13-31-47-41-26-21-37(22-27-41)35-15-18-39(19-16-35)44-33-40-20-17-36(25-30-43(40)45(44)34-46)38-23-28-42(29-24-38)48-32-14-12-10-8-6-4-2/h15-30,33H,3-14,31-32H2,1-2H3. The lowest BCUT2D eigenvalue weighted by Crippen LogP contribution is -1.97. The molecule has 0 atom stereocenters. The Hall–Kier alpha value is -4.55. The third kappa shape index (κ3) is 9.74. The van der Waals surface area contributed by atoms with Crippen LogP contribution in [0.4, 0.5) is 0 Å². The van der Waals surface area contributed by atoms with Crippen molar-refractivity contribution >= 4 is 0 Å². The third-order valence-electron chi connectivity index (χ3n) is 9.24. The maximum atomic E-state index is 10.2. The molecule has 0 aliphatic heterocycles. The van der Waals surface area contributed by atoms with Gasteiger partial charge in [0.2, 0.25) is 0 Å². The van der Waals surface area contributed by atoms with E-state index in [1.54, 1.807) is 0 Å². The van der Waals surface area contributed by atoms with Crippen molar-refractivity contribution < 1.29 is 9.47 Å². The highest BCUT2D eigenvalue weighted by Crippen LogP contribution is 2.39. The Bertz CT molecular complexity index is 1680. The van der Waals surface area contributed by atoms with Gasteiger partial charge in [0.1, 0.15) is 17.6 Å². The molecule has 0 bridgehead atoms. The van der Waals surface area contributed by atoms with Crippen LogP contribution in [0.25, 0.3) is 44.5 Å². The van der Waals surface area contributed by atoms with Gasteiger partial charge in [0.15, 0.2) is 0 Å². The van der Waals surface area contributed by atoms with Gasteiger partial charge in [-0.15, -0.1) is 0 Å². The minimum atomic E-state index is 0.713. The molecular weight excluding hydrogens is 587 g/mol. The van der Waals surface area contributed by atoms with Crippen LogP contribution in [0.5, 0.6) is 11.5 Å². The van der Waals surface area contributed by atoms with Crippen molar-refractivity contribution in [3.8, 4) is 62.1 Å². The lowest BCUT2D eigenvalue weighted by atomic mass is 9.99. The Kier molecular flexibility index (Phi) is 13.5. The van der Waals surface area contributed by atoms with Crippen molar-refractivity contribution in [3.63, 3.8) is 0 Å². The average Bonchev–Trinajstić information content (AvgIpc) is 3.35. The largest absolute Gasteiger partial charge is 0.494 e. The van der Waals surface area contributed by atoms with E-state index in [4.69, 9.17) is 9.47 Å². The Morgan fingerprint density at radius 1 is 0.417 bits per heavy atom. The Morgan fingerprint density at radius 2 is 0.792 bits per heavy atom. The molecule has 2 aliphatic rings. The van der Waals surface area contributed by atoms with Crippen molar-refractivity contribution in [2.75, 3.05) is 13.2 Å². The molecule has 48 heavy (non-hydrogen) atoms. The average molecular weight is 638 g/mol. The summed E-state index contributed by atoms with van der Waals surface area (Å²) in [6, 6.07) is 38.3. The normalized spacial score (nSPS) is 11.0. The second-order valence-corrected chi connectivity index (χ2v) is 12.9. The fourth-order valence-corrected chi connectivity index (χ4v) is 6.34. The topological polar surface area (TPSA) is 42.2 Å². The van der Waals surface area contributed by atoms with Gasteiger partial charge in [-0.1, -0.05) is 151 Å². The van der Waals surface area contributed by atoms with Gasteiger partial charge in [0, 0.05) is 11.1 Å². The quantitative estimate of drug-likeness (QED) is 0.0846. The number of nitrogens with zero attached hydrogens (tertiary/aromatic N) is 1. The van der Waals surface area contributed by atoms with Gasteiger partial charge in [0.05, 0.1) is 18.8 Å². The summed E-state index contributed by atoms with van der Waals surface area (Å²) in [6.07, 6.45) is 15.2. The third-order valence-corrected chi connectivity index (χ3v) is 9.24. The molecule has 0 saturated heterocycles. The van der Waals surface area contributed by atoms with E-state index in [-0.39, 0.29) is 0 Å². The molecule has 0 N–H and O–H groups in total. The lowest BCUT2D eigenvalue weighted by Gasteiger charge is -2.08. The summed E-state index contributed by atoms with van der Waals surface area (Å²) in [7, 11) is 0. The Balaban J connectivity index is 1.19. The van der Waals surface area contributed by atoms with Gasteiger partial charge in [-0.05, 0) is 76.6 Å². The second kappa shape index (κ2) is 18.7.